The van der Waals surface area contributed by atoms with Crippen molar-refractivity contribution in [3.05, 3.63) is 40.8 Å². The minimum absolute atomic E-state index is 0.0466. The third-order valence-corrected chi connectivity index (χ3v) is 4.74. The van der Waals surface area contributed by atoms with E-state index in [1.807, 2.05) is 32.0 Å². The van der Waals surface area contributed by atoms with Crippen molar-refractivity contribution in [3.8, 4) is 11.5 Å². The van der Waals surface area contributed by atoms with Crippen LogP contribution in [0, 0.1) is 0 Å². The fraction of sp³-hybridized carbons (Fsp3) is 0.450. The van der Waals surface area contributed by atoms with Crippen LogP contribution in [0.15, 0.2) is 18.2 Å². The van der Waals surface area contributed by atoms with Gasteiger partial charge in [-0.25, -0.2) is 9.97 Å². The first-order chi connectivity index (χ1) is 13.6. The monoisotopic (exact) mass is 384 g/mol. The first-order valence-electron chi connectivity index (χ1n) is 9.56. The Balaban J connectivity index is 1.60. The topological polar surface area (TPSA) is 94.6 Å². The van der Waals surface area contributed by atoms with Gasteiger partial charge in [-0.15, -0.1) is 0 Å². The maximum Gasteiger partial charge on any atom is 0.270 e. The molecule has 148 valence electrons. The summed E-state index contributed by atoms with van der Waals surface area (Å²) in [6.07, 6.45) is 1.24. The van der Waals surface area contributed by atoms with Crippen molar-refractivity contribution in [2.45, 2.75) is 32.8 Å². The van der Waals surface area contributed by atoms with Gasteiger partial charge in [-0.05, 0) is 38.0 Å². The summed E-state index contributed by atoms with van der Waals surface area (Å²) in [6, 6.07) is 5.77. The summed E-state index contributed by atoms with van der Waals surface area (Å²) >= 11 is 0. The van der Waals surface area contributed by atoms with Crippen LogP contribution in [-0.2, 0) is 17.6 Å². The Kier molecular flexibility index (Phi) is 5.29. The number of benzene rings is 1. The zero-order chi connectivity index (χ0) is 19.5. The quantitative estimate of drug-likeness (QED) is 0.753. The molecule has 4 rings (SSSR count). The summed E-state index contributed by atoms with van der Waals surface area (Å²) in [7, 11) is 0. The van der Waals surface area contributed by atoms with Crippen molar-refractivity contribution in [2.75, 3.05) is 31.8 Å². The highest BCUT2D eigenvalue weighted by Gasteiger charge is 2.24. The Labute approximate surface area is 163 Å². The third kappa shape index (κ3) is 3.87. The molecular weight excluding hydrogens is 360 g/mol. The summed E-state index contributed by atoms with van der Waals surface area (Å²) in [4.78, 5) is 21.6. The van der Waals surface area contributed by atoms with E-state index in [0.29, 0.717) is 49.9 Å². The summed E-state index contributed by atoms with van der Waals surface area (Å²) in [5, 5.41) is 6.20. The molecule has 0 spiro atoms. The van der Waals surface area contributed by atoms with E-state index in [-0.39, 0.29) is 18.8 Å². The van der Waals surface area contributed by atoms with Gasteiger partial charge < -0.3 is 24.8 Å². The number of nitrogens with zero attached hydrogens (tertiary/aromatic N) is 2. The van der Waals surface area contributed by atoms with Crippen LogP contribution in [0.1, 0.15) is 41.3 Å². The maximum atomic E-state index is 12.3. The van der Waals surface area contributed by atoms with Gasteiger partial charge in [0, 0.05) is 31.7 Å². The predicted octanol–water partition coefficient (Wildman–Crippen LogP) is 1.92. The van der Waals surface area contributed by atoms with Gasteiger partial charge in [0.1, 0.15) is 17.3 Å². The van der Waals surface area contributed by atoms with E-state index in [1.165, 1.54) is 0 Å². The minimum atomic E-state index is -0.156. The summed E-state index contributed by atoms with van der Waals surface area (Å²) in [6.45, 7) is 6.07. The van der Waals surface area contributed by atoms with E-state index in [1.54, 1.807) is 0 Å². The lowest BCUT2D eigenvalue weighted by molar-refractivity contribution is 0.0854. The number of anilines is 1. The lowest BCUT2D eigenvalue weighted by Gasteiger charge is -2.21. The number of ether oxygens (including phenoxy) is 3. The molecule has 8 heteroatoms. The number of hydrogen-bond donors (Lipinski definition) is 2. The number of hydrogen-bond acceptors (Lipinski definition) is 7. The molecule has 2 aromatic rings. The number of carbonyl (C=O) groups is 1. The first-order valence-corrected chi connectivity index (χ1v) is 9.56. The highest BCUT2D eigenvalue weighted by Crippen LogP contribution is 2.33. The Morgan fingerprint density at radius 2 is 2.14 bits per heavy atom. The summed E-state index contributed by atoms with van der Waals surface area (Å²) in [5.74, 6) is 2.60. The largest absolute Gasteiger partial charge is 0.454 e. The van der Waals surface area contributed by atoms with Crippen molar-refractivity contribution < 1.29 is 19.0 Å². The summed E-state index contributed by atoms with van der Waals surface area (Å²) < 4.78 is 16.4. The van der Waals surface area contributed by atoms with Gasteiger partial charge in [0.15, 0.2) is 11.5 Å². The standard InChI is InChI=1S/C20H24N4O4/c1-3-26-12(2)10-22-19-14-6-7-21-20(25)18(14)23-17(24-19)9-13-4-5-15-16(8-13)28-11-27-15/h4-5,8,12H,3,6-7,9-11H2,1-2H3,(H,21,25)(H,22,23,24). The molecule has 1 unspecified atom stereocenters. The summed E-state index contributed by atoms with van der Waals surface area (Å²) in [5.41, 5.74) is 2.31. The smallest absolute Gasteiger partial charge is 0.270 e. The van der Waals surface area contributed by atoms with E-state index in [4.69, 9.17) is 19.2 Å². The zero-order valence-electron chi connectivity index (χ0n) is 16.1. The van der Waals surface area contributed by atoms with Gasteiger partial charge in [0.25, 0.3) is 5.91 Å². The molecule has 1 aromatic heterocycles. The Morgan fingerprint density at radius 3 is 3.00 bits per heavy atom. The molecule has 1 aromatic carbocycles. The van der Waals surface area contributed by atoms with Crippen molar-refractivity contribution in [3.63, 3.8) is 0 Å². The molecule has 0 fully saturated rings. The molecule has 0 saturated heterocycles. The van der Waals surface area contributed by atoms with Gasteiger partial charge >= 0.3 is 0 Å². The van der Waals surface area contributed by atoms with E-state index in [2.05, 4.69) is 15.6 Å². The molecule has 0 bridgehead atoms. The average molecular weight is 384 g/mol. The van der Waals surface area contributed by atoms with E-state index in [9.17, 15) is 4.79 Å². The van der Waals surface area contributed by atoms with Crippen LogP contribution >= 0.6 is 0 Å². The van der Waals surface area contributed by atoms with Gasteiger partial charge in [-0.3, -0.25) is 4.79 Å². The first kappa shape index (κ1) is 18.5. The number of carbonyl (C=O) groups excluding carboxylic acids is 1. The zero-order valence-corrected chi connectivity index (χ0v) is 16.1. The molecular formula is C20H24N4O4. The van der Waals surface area contributed by atoms with Crippen LogP contribution in [-0.4, -0.2) is 48.5 Å². The molecule has 0 aliphatic carbocycles. The van der Waals surface area contributed by atoms with Crippen LogP contribution < -0.4 is 20.1 Å². The lowest BCUT2D eigenvalue weighted by Crippen LogP contribution is -2.34. The molecule has 8 nitrogen and oxygen atoms in total. The molecule has 0 saturated carbocycles. The van der Waals surface area contributed by atoms with Crippen LogP contribution in [0.4, 0.5) is 5.82 Å². The third-order valence-electron chi connectivity index (χ3n) is 4.74. The van der Waals surface area contributed by atoms with E-state index < -0.39 is 0 Å². The van der Waals surface area contributed by atoms with Gasteiger partial charge in [0.05, 0.1) is 6.10 Å². The molecule has 3 heterocycles. The number of nitrogens with one attached hydrogen (secondary N) is 2. The molecule has 2 N–H and O–H groups in total. The van der Waals surface area contributed by atoms with Crippen molar-refractivity contribution in [1.82, 2.24) is 15.3 Å². The van der Waals surface area contributed by atoms with E-state index in [0.717, 1.165) is 22.6 Å². The minimum Gasteiger partial charge on any atom is -0.454 e. The predicted molar refractivity (Wildman–Crippen MR) is 103 cm³/mol. The molecule has 2 aliphatic heterocycles. The second kappa shape index (κ2) is 8.02. The van der Waals surface area contributed by atoms with Crippen LogP contribution in [0.25, 0.3) is 0 Å². The average Bonchev–Trinajstić information content (AvgIpc) is 3.15. The van der Waals surface area contributed by atoms with Gasteiger partial charge in [0.2, 0.25) is 6.79 Å². The van der Waals surface area contributed by atoms with Gasteiger partial charge in [-0.1, -0.05) is 6.07 Å². The lowest BCUT2D eigenvalue weighted by atomic mass is 10.1. The highest BCUT2D eigenvalue weighted by atomic mass is 16.7. The van der Waals surface area contributed by atoms with Crippen LogP contribution in [0.2, 0.25) is 0 Å². The van der Waals surface area contributed by atoms with Crippen LogP contribution in [0.3, 0.4) is 0 Å². The number of aromatic nitrogens is 2. The van der Waals surface area contributed by atoms with Crippen LogP contribution in [0.5, 0.6) is 11.5 Å². The Morgan fingerprint density at radius 1 is 1.29 bits per heavy atom. The fourth-order valence-corrected chi connectivity index (χ4v) is 3.38. The van der Waals surface area contributed by atoms with Crippen molar-refractivity contribution in [2.24, 2.45) is 0 Å². The van der Waals surface area contributed by atoms with Gasteiger partial charge in [-0.2, -0.15) is 0 Å². The molecule has 1 amide bonds. The second-order valence-electron chi connectivity index (χ2n) is 6.83. The number of rotatable bonds is 7. The molecule has 2 aliphatic rings. The van der Waals surface area contributed by atoms with E-state index >= 15 is 0 Å². The fourth-order valence-electron chi connectivity index (χ4n) is 3.38. The Hall–Kier alpha value is -2.87. The van der Waals surface area contributed by atoms with Crippen molar-refractivity contribution in [1.29, 1.82) is 0 Å². The Bertz CT molecular complexity index is 887. The second-order valence-corrected chi connectivity index (χ2v) is 6.83. The molecule has 0 radical (unpaired) electrons. The number of amides is 1. The normalized spacial score (nSPS) is 15.7. The molecule has 1 atom stereocenters. The number of fused-ring (bicyclic) bond motifs is 2. The highest BCUT2D eigenvalue weighted by molar-refractivity contribution is 5.96. The van der Waals surface area contributed by atoms with Crippen molar-refractivity contribution >= 4 is 11.7 Å². The SMILES string of the molecule is CCOC(C)CNc1nc(Cc2ccc3c(c2)OCO3)nc2c1CCNC2=O. The maximum absolute atomic E-state index is 12.3. The molecule has 28 heavy (non-hydrogen) atoms.